The summed E-state index contributed by atoms with van der Waals surface area (Å²) in [6, 6.07) is 6.18. The van der Waals surface area contributed by atoms with Crippen LogP contribution in [-0.4, -0.2) is 50.7 Å². The minimum atomic E-state index is -3.44. The third-order valence-electron chi connectivity index (χ3n) is 3.82. The lowest BCUT2D eigenvalue weighted by Gasteiger charge is -2.31. The molecular formula is C15H22N2O3S. The molecule has 0 unspecified atom stereocenters. The molecule has 0 aliphatic carbocycles. The Morgan fingerprint density at radius 3 is 2.38 bits per heavy atom. The van der Waals surface area contributed by atoms with E-state index in [9.17, 15) is 13.2 Å². The second kappa shape index (κ2) is 6.15. The highest BCUT2D eigenvalue weighted by atomic mass is 32.2. The Kier molecular flexibility index (Phi) is 4.68. The van der Waals surface area contributed by atoms with Gasteiger partial charge in [-0.15, -0.1) is 0 Å². The van der Waals surface area contributed by atoms with Gasteiger partial charge in [0, 0.05) is 32.7 Å². The van der Waals surface area contributed by atoms with Crippen molar-refractivity contribution in [2.45, 2.75) is 24.7 Å². The van der Waals surface area contributed by atoms with Crippen molar-refractivity contribution in [2.24, 2.45) is 5.92 Å². The quantitative estimate of drug-likeness (QED) is 0.855. The second-order valence-electron chi connectivity index (χ2n) is 5.81. The molecule has 1 aliphatic heterocycles. The predicted octanol–water partition coefficient (Wildman–Crippen LogP) is 1.81. The van der Waals surface area contributed by atoms with Crippen molar-refractivity contribution in [2.75, 3.05) is 27.2 Å². The maximum absolute atomic E-state index is 12.4. The van der Waals surface area contributed by atoms with E-state index < -0.39 is 10.0 Å². The molecule has 0 bridgehead atoms. The van der Waals surface area contributed by atoms with Gasteiger partial charge in [-0.25, -0.2) is 12.7 Å². The molecule has 0 aromatic heterocycles. The largest absolute Gasteiger partial charge is 0.338 e. The average Bonchev–Trinajstić information content (AvgIpc) is 2.46. The Balaban J connectivity index is 2.17. The number of piperidine rings is 1. The summed E-state index contributed by atoms with van der Waals surface area (Å²) in [6.07, 6.45) is 2.18. The molecule has 1 amide bonds. The number of carbonyl (C=O) groups is 1. The number of likely N-dealkylation sites (tertiary alicyclic amines) is 1. The lowest BCUT2D eigenvalue weighted by molar-refractivity contribution is 0.0683. The van der Waals surface area contributed by atoms with Crippen molar-refractivity contribution in [1.82, 2.24) is 9.21 Å². The summed E-state index contributed by atoms with van der Waals surface area (Å²) in [5, 5.41) is 0. The molecule has 1 atom stereocenters. The van der Waals surface area contributed by atoms with Gasteiger partial charge in [0.05, 0.1) is 4.90 Å². The molecule has 0 saturated carbocycles. The second-order valence-corrected chi connectivity index (χ2v) is 7.96. The molecule has 21 heavy (non-hydrogen) atoms. The van der Waals surface area contributed by atoms with Crippen LogP contribution in [0, 0.1) is 5.92 Å². The summed E-state index contributed by atoms with van der Waals surface area (Å²) in [5.74, 6) is 0.506. The number of hydrogen-bond acceptors (Lipinski definition) is 3. The van der Waals surface area contributed by atoms with E-state index in [4.69, 9.17) is 0 Å². The number of amides is 1. The van der Waals surface area contributed by atoms with Gasteiger partial charge in [-0.2, -0.15) is 0 Å². The number of hydrogen-bond donors (Lipinski definition) is 0. The van der Waals surface area contributed by atoms with Crippen molar-refractivity contribution in [3.8, 4) is 0 Å². The van der Waals surface area contributed by atoms with Crippen LogP contribution >= 0.6 is 0 Å². The van der Waals surface area contributed by atoms with Crippen LogP contribution in [0.4, 0.5) is 0 Å². The zero-order valence-electron chi connectivity index (χ0n) is 12.7. The minimum absolute atomic E-state index is 0.0182. The highest BCUT2D eigenvalue weighted by molar-refractivity contribution is 7.89. The first-order chi connectivity index (χ1) is 9.82. The van der Waals surface area contributed by atoms with Crippen LogP contribution in [0.25, 0.3) is 0 Å². The highest BCUT2D eigenvalue weighted by Crippen LogP contribution is 2.19. The maximum atomic E-state index is 12.4. The highest BCUT2D eigenvalue weighted by Gasteiger charge is 2.23. The number of rotatable bonds is 3. The number of nitrogens with zero attached hydrogens (tertiary/aromatic N) is 2. The van der Waals surface area contributed by atoms with Crippen LogP contribution in [0.15, 0.2) is 29.2 Å². The van der Waals surface area contributed by atoms with Gasteiger partial charge in [0.2, 0.25) is 10.0 Å². The van der Waals surface area contributed by atoms with Gasteiger partial charge < -0.3 is 4.90 Å². The van der Waals surface area contributed by atoms with Crippen LogP contribution in [0.3, 0.4) is 0 Å². The van der Waals surface area contributed by atoms with Gasteiger partial charge in [0.25, 0.3) is 5.91 Å². The van der Waals surface area contributed by atoms with Crippen molar-refractivity contribution in [3.63, 3.8) is 0 Å². The van der Waals surface area contributed by atoms with Gasteiger partial charge in [-0.05, 0) is 43.0 Å². The first kappa shape index (κ1) is 16.0. The minimum Gasteiger partial charge on any atom is -0.338 e. The van der Waals surface area contributed by atoms with E-state index in [1.54, 1.807) is 12.1 Å². The monoisotopic (exact) mass is 310 g/mol. The number of carbonyl (C=O) groups excluding carboxylic acids is 1. The van der Waals surface area contributed by atoms with Crippen molar-refractivity contribution in [1.29, 1.82) is 0 Å². The Morgan fingerprint density at radius 1 is 1.24 bits per heavy atom. The van der Waals surface area contributed by atoms with E-state index in [0.29, 0.717) is 11.5 Å². The summed E-state index contributed by atoms with van der Waals surface area (Å²) < 4.78 is 25.1. The molecule has 1 fully saturated rings. The lowest BCUT2D eigenvalue weighted by Crippen LogP contribution is -2.39. The van der Waals surface area contributed by atoms with E-state index in [1.165, 1.54) is 26.2 Å². The Bertz CT molecular complexity index is 608. The van der Waals surface area contributed by atoms with Crippen LogP contribution in [-0.2, 0) is 10.0 Å². The van der Waals surface area contributed by atoms with E-state index in [0.717, 1.165) is 30.2 Å². The van der Waals surface area contributed by atoms with E-state index in [2.05, 4.69) is 6.92 Å². The third kappa shape index (κ3) is 3.44. The Hall–Kier alpha value is -1.40. The van der Waals surface area contributed by atoms with Gasteiger partial charge in [0.15, 0.2) is 0 Å². The van der Waals surface area contributed by atoms with Crippen LogP contribution < -0.4 is 0 Å². The molecule has 116 valence electrons. The summed E-state index contributed by atoms with van der Waals surface area (Å²) in [5.41, 5.74) is 0.543. The van der Waals surface area contributed by atoms with E-state index >= 15 is 0 Å². The van der Waals surface area contributed by atoms with Crippen molar-refractivity contribution in [3.05, 3.63) is 29.8 Å². The van der Waals surface area contributed by atoms with Crippen LogP contribution in [0.5, 0.6) is 0 Å². The molecule has 0 spiro atoms. The van der Waals surface area contributed by atoms with Gasteiger partial charge in [-0.3, -0.25) is 4.79 Å². The summed E-state index contributed by atoms with van der Waals surface area (Å²) in [7, 11) is -0.465. The normalized spacial score (nSPS) is 19.8. The summed E-state index contributed by atoms with van der Waals surface area (Å²) in [6.45, 7) is 3.70. The van der Waals surface area contributed by atoms with Crippen molar-refractivity contribution < 1.29 is 13.2 Å². The van der Waals surface area contributed by atoms with Crippen LogP contribution in [0.1, 0.15) is 30.1 Å². The van der Waals surface area contributed by atoms with Crippen molar-refractivity contribution >= 4 is 15.9 Å². The topological polar surface area (TPSA) is 57.7 Å². The fourth-order valence-electron chi connectivity index (χ4n) is 2.54. The first-order valence-electron chi connectivity index (χ1n) is 7.14. The van der Waals surface area contributed by atoms with Gasteiger partial charge >= 0.3 is 0 Å². The number of benzene rings is 1. The molecule has 1 heterocycles. The van der Waals surface area contributed by atoms with Crippen LogP contribution in [0.2, 0.25) is 0 Å². The SMILES string of the molecule is C[C@@H]1CCCN(C(=O)c2ccc(S(=O)(=O)N(C)C)cc2)C1. The summed E-state index contributed by atoms with van der Waals surface area (Å²) >= 11 is 0. The lowest BCUT2D eigenvalue weighted by atomic mass is 9.99. The van der Waals surface area contributed by atoms with E-state index in [1.807, 2.05) is 4.90 Å². The fourth-order valence-corrected chi connectivity index (χ4v) is 3.44. The smallest absolute Gasteiger partial charge is 0.253 e. The molecule has 5 nitrogen and oxygen atoms in total. The molecule has 2 rings (SSSR count). The zero-order chi connectivity index (χ0) is 15.6. The molecule has 0 N–H and O–H groups in total. The van der Waals surface area contributed by atoms with Gasteiger partial charge in [0.1, 0.15) is 0 Å². The molecule has 1 aliphatic rings. The third-order valence-corrected chi connectivity index (χ3v) is 5.65. The fraction of sp³-hybridized carbons (Fsp3) is 0.533. The van der Waals surface area contributed by atoms with E-state index in [-0.39, 0.29) is 10.8 Å². The maximum Gasteiger partial charge on any atom is 0.253 e. The Labute approximate surface area is 126 Å². The number of sulfonamides is 1. The molecular weight excluding hydrogens is 288 g/mol. The molecule has 1 aromatic carbocycles. The predicted molar refractivity (Wildman–Crippen MR) is 81.6 cm³/mol. The zero-order valence-corrected chi connectivity index (χ0v) is 13.6. The molecule has 1 aromatic rings. The molecule has 6 heteroatoms. The first-order valence-corrected chi connectivity index (χ1v) is 8.58. The standard InChI is InChI=1S/C15H22N2O3S/c1-12-5-4-10-17(11-12)15(18)13-6-8-14(9-7-13)21(19,20)16(2)3/h6-9,12H,4-5,10-11H2,1-3H3/t12-/m1/s1. The summed E-state index contributed by atoms with van der Waals surface area (Å²) in [4.78, 5) is 14.5. The Morgan fingerprint density at radius 2 is 1.86 bits per heavy atom. The molecule has 1 saturated heterocycles. The van der Waals surface area contributed by atoms with Gasteiger partial charge in [-0.1, -0.05) is 6.92 Å². The molecule has 0 radical (unpaired) electrons. The average molecular weight is 310 g/mol.